The quantitative estimate of drug-likeness (QED) is 0.852. The Morgan fingerprint density at radius 2 is 2.00 bits per heavy atom. The van der Waals surface area contributed by atoms with Crippen LogP contribution in [0.2, 0.25) is 0 Å². The van der Waals surface area contributed by atoms with Gasteiger partial charge in [0.15, 0.2) is 0 Å². The van der Waals surface area contributed by atoms with Crippen molar-refractivity contribution in [1.29, 1.82) is 0 Å². The van der Waals surface area contributed by atoms with Crippen LogP contribution in [0.15, 0.2) is 6.07 Å². The molecule has 0 spiro atoms. The van der Waals surface area contributed by atoms with Crippen molar-refractivity contribution in [3.8, 4) is 0 Å². The van der Waals surface area contributed by atoms with E-state index in [2.05, 4.69) is 4.98 Å². The van der Waals surface area contributed by atoms with E-state index in [4.69, 9.17) is 0 Å². The lowest BCUT2D eigenvalue weighted by Crippen LogP contribution is -2.40. The Labute approximate surface area is 113 Å². The summed E-state index contributed by atoms with van der Waals surface area (Å²) in [6.07, 6.45) is 0. The summed E-state index contributed by atoms with van der Waals surface area (Å²) in [6.45, 7) is 9.81. The molecule has 0 aliphatic heterocycles. The molecular formula is C14H22N2O3. The molecule has 1 aromatic heterocycles. The standard InChI is InChI=1S/C14H22N2O3/c1-6-16(8-14(4,5)19)12-11(13(17)18)9(2)7-10(3)15-12/h7,19H,6,8H2,1-5H3,(H,17,18). The number of nitrogens with zero attached hydrogens (tertiary/aromatic N) is 2. The van der Waals surface area contributed by atoms with Crippen molar-refractivity contribution in [2.75, 3.05) is 18.0 Å². The van der Waals surface area contributed by atoms with Crippen LogP contribution in [0.4, 0.5) is 5.82 Å². The lowest BCUT2D eigenvalue weighted by Gasteiger charge is -2.30. The van der Waals surface area contributed by atoms with Crippen LogP contribution in [0.3, 0.4) is 0 Å². The topological polar surface area (TPSA) is 73.7 Å². The first-order chi connectivity index (χ1) is 8.65. The number of carboxylic acid groups (broad SMARTS) is 1. The number of aromatic nitrogens is 1. The molecule has 5 heteroatoms. The monoisotopic (exact) mass is 266 g/mol. The van der Waals surface area contributed by atoms with Gasteiger partial charge >= 0.3 is 5.97 Å². The van der Waals surface area contributed by atoms with Crippen LogP contribution in [-0.4, -0.2) is 39.9 Å². The smallest absolute Gasteiger partial charge is 0.339 e. The number of aromatic carboxylic acids is 1. The van der Waals surface area contributed by atoms with Gasteiger partial charge in [0.25, 0.3) is 0 Å². The molecule has 0 aromatic carbocycles. The number of carboxylic acids is 1. The van der Waals surface area contributed by atoms with Gasteiger partial charge in [-0.15, -0.1) is 0 Å². The summed E-state index contributed by atoms with van der Waals surface area (Å²) in [7, 11) is 0. The molecule has 1 heterocycles. The third-order valence-corrected chi connectivity index (χ3v) is 2.80. The van der Waals surface area contributed by atoms with Gasteiger partial charge in [-0.25, -0.2) is 9.78 Å². The lowest BCUT2D eigenvalue weighted by atomic mass is 10.1. The molecule has 0 bridgehead atoms. The molecule has 0 fully saturated rings. The fourth-order valence-corrected chi connectivity index (χ4v) is 2.11. The number of likely N-dealkylation sites (N-methyl/N-ethyl adjacent to an activating group) is 1. The van der Waals surface area contributed by atoms with Crippen molar-refractivity contribution in [1.82, 2.24) is 4.98 Å². The van der Waals surface area contributed by atoms with E-state index >= 15 is 0 Å². The Kier molecular flexibility index (Phi) is 4.52. The van der Waals surface area contributed by atoms with E-state index in [1.54, 1.807) is 31.7 Å². The second kappa shape index (κ2) is 5.57. The molecule has 0 saturated heterocycles. The fourth-order valence-electron chi connectivity index (χ4n) is 2.11. The number of hydrogen-bond acceptors (Lipinski definition) is 4. The Morgan fingerprint density at radius 1 is 1.42 bits per heavy atom. The van der Waals surface area contributed by atoms with Gasteiger partial charge in [0, 0.05) is 18.8 Å². The highest BCUT2D eigenvalue weighted by Gasteiger charge is 2.24. The summed E-state index contributed by atoms with van der Waals surface area (Å²) >= 11 is 0. The number of hydrogen-bond donors (Lipinski definition) is 2. The number of anilines is 1. The fraction of sp³-hybridized carbons (Fsp3) is 0.571. The molecule has 0 radical (unpaired) electrons. The normalized spacial score (nSPS) is 11.5. The van der Waals surface area contributed by atoms with Gasteiger partial charge < -0.3 is 15.1 Å². The SMILES string of the molecule is CCN(CC(C)(C)O)c1nc(C)cc(C)c1C(=O)O. The highest BCUT2D eigenvalue weighted by Crippen LogP contribution is 2.24. The lowest BCUT2D eigenvalue weighted by molar-refractivity contribution is 0.0692. The van der Waals surface area contributed by atoms with Crippen molar-refractivity contribution in [3.63, 3.8) is 0 Å². The second-order valence-corrected chi connectivity index (χ2v) is 5.41. The Morgan fingerprint density at radius 3 is 2.42 bits per heavy atom. The van der Waals surface area contributed by atoms with Gasteiger partial charge in [-0.2, -0.15) is 0 Å². The van der Waals surface area contributed by atoms with E-state index in [1.807, 2.05) is 13.8 Å². The van der Waals surface area contributed by atoms with Crippen molar-refractivity contribution in [2.24, 2.45) is 0 Å². The van der Waals surface area contributed by atoms with E-state index in [-0.39, 0.29) is 5.56 Å². The average Bonchev–Trinajstić information content (AvgIpc) is 2.22. The van der Waals surface area contributed by atoms with Crippen LogP contribution in [0.25, 0.3) is 0 Å². The highest BCUT2D eigenvalue weighted by atomic mass is 16.4. The van der Waals surface area contributed by atoms with Crippen molar-refractivity contribution in [3.05, 3.63) is 22.9 Å². The molecule has 0 aliphatic rings. The summed E-state index contributed by atoms with van der Waals surface area (Å²) in [4.78, 5) is 17.6. The predicted molar refractivity (Wildman–Crippen MR) is 74.9 cm³/mol. The molecule has 106 valence electrons. The zero-order valence-electron chi connectivity index (χ0n) is 12.2. The van der Waals surface area contributed by atoms with E-state index in [0.29, 0.717) is 24.5 Å². The zero-order chi connectivity index (χ0) is 14.8. The largest absolute Gasteiger partial charge is 0.478 e. The van der Waals surface area contributed by atoms with Crippen molar-refractivity contribution < 1.29 is 15.0 Å². The van der Waals surface area contributed by atoms with Gasteiger partial charge in [0.2, 0.25) is 0 Å². The first-order valence-electron chi connectivity index (χ1n) is 6.34. The minimum atomic E-state index is -0.991. The number of rotatable bonds is 5. The molecule has 1 aromatic rings. The number of pyridine rings is 1. The molecular weight excluding hydrogens is 244 g/mol. The van der Waals surface area contributed by atoms with Gasteiger partial charge in [-0.3, -0.25) is 0 Å². The first-order valence-corrected chi connectivity index (χ1v) is 6.34. The summed E-state index contributed by atoms with van der Waals surface area (Å²) in [5.74, 6) is -0.566. The first kappa shape index (κ1) is 15.4. The molecule has 0 amide bonds. The van der Waals surface area contributed by atoms with Crippen LogP contribution >= 0.6 is 0 Å². The molecule has 1 rings (SSSR count). The van der Waals surface area contributed by atoms with Crippen LogP contribution in [0, 0.1) is 13.8 Å². The maximum absolute atomic E-state index is 11.4. The summed E-state index contributed by atoms with van der Waals surface area (Å²) in [6, 6.07) is 1.75. The van der Waals surface area contributed by atoms with Gasteiger partial charge in [0.1, 0.15) is 11.4 Å². The molecule has 19 heavy (non-hydrogen) atoms. The summed E-state index contributed by atoms with van der Waals surface area (Å²) in [5.41, 5.74) is 0.748. The molecule has 0 aliphatic carbocycles. The molecule has 2 N–H and O–H groups in total. The Balaban J connectivity index is 3.33. The number of carbonyl (C=O) groups is 1. The molecule has 0 unspecified atom stereocenters. The molecule has 0 saturated carbocycles. The van der Waals surface area contributed by atoms with E-state index < -0.39 is 11.6 Å². The zero-order valence-corrected chi connectivity index (χ0v) is 12.2. The average molecular weight is 266 g/mol. The Bertz CT molecular complexity index is 478. The molecule has 5 nitrogen and oxygen atoms in total. The van der Waals surface area contributed by atoms with Gasteiger partial charge in [-0.05, 0) is 46.2 Å². The summed E-state index contributed by atoms with van der Waals surface area (Å²) in [5, 5.41) is 19.3. The van der Waals surface area contributed by atoms with E-state index in [0.717, 1.165) is 5.69 Å². The maximum atomic E-state index is 11.4. The third-order valence-electron chi connectivity index (χ3n) is 2.80. The van der Waals surface area contributed by atoms with Crippen LogP contribution < -0.4 is 4.90 Å². The minimum Gasteiger partial charge on any atom is -0.478 e. The van der Waals surface area contributed by atoms with Crippen molar-refractivity contribution >= 4 is 11.8 Å². The molecule has 0 atom stereocenters. The van der Waals surface area contributed by atoms with Crippen molar-refractivity contribution in [2.45, 2.75) is 40.2 Å². The maximum Gasteiger partial charge on any atom is 0.339 e. The van der Waals surface area contributed by atoms with Crippen LogP contribution in [0.1, 0.15) is 42.4 Å². The second-order valence-electron chi connectivity index (χ2n) is 5.41. The number of aliphatic hydroxyl groups is 1. The number of aryl methyl sites for hydroxylation is 2. The van der Waals surface area contributed by atoms with E-state index in [9.17, 15) is 15.0 Å². The van der Waals surface area contributed by atoms with Crippen LogP contribution in [0.5, 0.6) is 0 Å². The van der Waals surface area contributed by atoms with Gasteiger partial charge in [0.05, 0.1) is 5.60 Å². The van der Waals surface area contributed by atoms with E-state index in [1.165, 1.54) is 0 Å². The van der Waals surface area contributed by atoms with Gasteiger partial charge in [-0.1, -0.05) is 0 Å². The summed E-state index contributed by atoms with van der Waals surface area (Å²) < 4.78 is 0. The Hall–Kier alpha value is -1.62. The van der Waals surface area contributed by atoms with Crippen LogP contribution in [-0.2, 0) is 0 Å². The predicted octanol–water partition coefficient (Wildman–Crippen LogP) is 1.99. The highest BCUT2D eigenvalue weighted by molar-refractivity contribution is 5.95. The third kappa shape index (κ3) is 3.92. The minimum absolute atomic E-state index is 0.205.